The van der Waals surface area contributed by atoms with Crippen molar-refractivity contribution in [3.05, 3.63) is 0 Å². The maximum absolute atomic E-state index is 5.48. The van der Waals surface area contributed by atoms with Gasteiger partial charge in [0.15, 0.2) is 0 Å². The SMILES string of the molecule is C1CC(O/N=C2\CN3CCC2C3)C1.Cl. The molecule has 2 bridgehead atoms. The van der Waals surface area contributed by atoms with Crippen molar-refractivity contribution in [3.8, 4) is 0 Å². The van der Waals surface area contributed by atoms with Gasteiger partial charge in [0.05, 0.1) is 5.71 Å². The molecule has 1 saturated carbocycles. The highest BCUT2D eigenvalue weighted by Crippen LogP contribution is 2.27. The van der Waals surface area contributed by atoms with Crippen LogP contribution in [0.1, 0.15) is 25.7 Å². The summed E-state index contributed by atoms with van der Waals surface area (Å²) in [6.45, 7) is 3.57. The van der Waals surface area contributed by atoms with Crippen molar-refractivity contribution in [2.24, 2.45) is 11.1 Å². The van der Waals surface area contributed by atoms with Crippen molar-refractivity contribution in [2.75, 3.05) is 19.6 Å². The van der Waals surface area contributed by atoms with Crippen molar-refractivity contribution in [2.45, 2.75) is 31.8 Å². The molecule has 0 aromatic carbocycles. The van der Waals surface area contributed by atoms with Crippen LogP contribution in [0, 0.1) is 5.92 Å². The average Bonchev–Trinajstić information content (AvgIpc) is 2.61. The predicted molar refractivity (Wildman–Crippen MR) is 58.0 cm³/mol. The van der Waals surface area contributed by atoms with Gasteiger partial charge in [-0.15, -0.1) is 12.4 Å². The van der Waals surface area contributed by atoms with Crippen molar-refractivity contribution in [3.63, 3.8) is 0 Å². The average molecular weight is 217 g/mol. The molecule has 2 aliphatic heterocycles. The van der Waals surface area contributed by atoms with E-state index in [9.17, 15) is 0 Å². The van der Waals surface area contributed by atoms with Crippen LogP contribution in [0.4, 0.5) is 0 Å². The van der Waals surface area contributed by atoms with Crippen LogP contribution in [0.3, 0.4) is 0 Å². The van der Waals surface area contributed by atoms with Crippen molar-refractivity contribution in [1.82, 2.24) is 4.90 Å². The van der Waals surface area contributed by atoms with Crippen LogP contribution in [0.2, 0.25) is 0 Å². The summed E-state index contributed by atoms with van der Waals surface area (Å²) in [5, 5.41) is 4.30. The molecule has 80 valence electrons. The Bertz CT molecular complexity index is 240. The van der Waals surface area contributed by atoms with Crippen LogP contribution in [-0.4, -0.2) is 36.3 Å². The largest absolute Gasteiger partial charge is 0.393 e. The van der Waals surface area contributed by atoms with Gasteiger partial charge in [-0.25, -0.2) is 0 Å². The lowest BCUT2D eigenvalue weighted by molar-refractivity contribution is 0.00505. The van der Waals surface area contributed by atoms with E-state index in [1.807, 2.05) is 0 Å². The summed E-state index contributed by atoms with van der Waals surface area (Å²) in [6.07, 6.45) is 5.50. The molecule has 1 aliphatic carbocycles. The number of rotatable bonds is 2. The van der Waals surface area contributed by atoms with Gasteiger partial charge in [0.25, 0.3) is 0 Å². The Hall–Kier alpha value is -0.280. The summed E-state index contributed by atoms with van der Waals surface area (Å²) >= 11 is 0. The summed E-state index contributed by atoms with van der Waals surface area (Å²) < 4.78 is 0. The third kappa shape index (κ3) is 1.75. The standard InChI is InChI=1S/C10H16N2O.ClH/c1-2-9(3-1)13-11-10-7-12-5-4-8(10)6-12;/h8-9H,1-7H2;1H/b11-10+;. The van der Waals surface area contributed by atoms with E-state index in [-0.39, 0.29) is 12.4 Å². The number of hydrogen-bond donors (Lipinski definition) is 0. The number of fused-ring (bicyclic) bond motifs is 2. The predicted octanol–water partition coefficient (Wildman–Crippen LogP) is 1.67. The van der Waals surface area contributed by atoms with Gasteiger partial charge in [0, 0.05) is 19.0 Å². The van der Waals surface area contributed by atoms with Gasteiger partial charge < -0.3 is 4.84 Å². The Balaban J connectivity index is 0.000000750. The van der Waals surface area contributed by atoms with Crippen LogP contribution in [0.5, 0.6) is 0 Å². The second kappa shape index (κ2) is 4.07. The molecular formula is C10H17ClN2O. The van der Waals surface area contributed by atoms with Crippen LogP contribution < -0.4 is 0 Å². The zero-order valence-electron chi connectivity index (χ0n) is 8.32. The fourth-order valence-corrected chi connectivity index (χ4v) is 2.33. The Morgan fingerprint density at radius 2 is 2.14 bits per heavy atom. The summed E-state index contributed by atoms with van der Waals surface area (Å²) in [5.41, 5.74) is 1.30. The highest BCUT2D eigenvalue weighted by Gasteiger charge is 2.35. The van der Waals surface area contributed by atoms with Gasteiger partial charge >= 0.3 is 0 Å². The first-order chi connectivity index (χ1) is 6.42. The third-order valence-electron chi connectivity index (χ3n) is 3.50. The molecule has 14 heavy (non-hydrogen) atoms. The van der Waals surface area contributed by atoms with Crippen LogP contribution >= 0.6 is 12.4 Å². The minimum absolute atomic E-state index is 0. The highest BCUT2D eigenvalue weighted by molar-refractivity contribution is 5.91. The topological polar surface area (TPSA) is 24.8 Å². The van der Waals surface area contributed by atoms with Crippen molar-refractivity contribution >= 4 is 18.1 Å². The number of hydrogen-bond acceptors (Lipinski definition) is 3. The van der Waals surface area contributed by atoms with Gasteiger partial charge in [-0.3, -0.25) is 4.90 Å². The molecule has 2 saturated heterocycles. The molecule has 2 heterocycles. The van der Waals surface area contributed by atoms with E-state index in [0.717, 1.165) is 12.5 Å². The van der Waals surface area contributed by atoms with E-state index in [0.29, 0.717) is 6.10 Å². The fraction of sp³-hybridized carbons (Fsp3) is 0.900. The molecule has 0 aromatic rings. The monoisotopic (exact) mass is 216 g/mol. The maximum atomic E-state index is 5.48. The first-order valence-electron chi connectivity index (χ1n) is 5.37. The summed E-state index contributed by atoms with van der Waals surface area (Å²) in [4.78, 5) is 7.94. The Labute approximate surface area is 90.9 Å². The molecule has 3 fully saturated rings. The molecule has 0 radical (unpaired) electrons. The number of oxime groups is 1. The van der Waals surface area contributed by atoms with Gasteiger partial charge in [-0.1, -0.05) is 5.16 Å². The Morgan fingerprint density at radius 1 is 1.29 bits per heavy atom. The molecule has 2 unspecified atom stereocenters. The zero-order valence-corrected chi connectivity index (χ0v) is 9.13. The molecule has 3 aliphatic rings. The number of halogens is 1. The quantitative estimate of drug-likeness (QED) is 0.656. The molecule has 0 aromatic heterocycles. The van der Waals surface area contributed by atoms with Crippen molar-refractivity contribution in [1.29, 1.82) is 0 Å². The Kier molecular flexibility index (Phi) is 2.98. The molecule has 4 heteroatoms. The smallest absolute Gasteiger partial charge is 0.127 e. The summed E-state index contributed by atoms with van der Waals surface area (Å²) in [7, 11) is 0. The molecule has 0 N–H and O–H groups in total. The molecule has 3 rings (SSSR count). The summed E-state index contributed by atoms with van der Waals surface area (Å²) in [5.74, 6) is 0.722. The van der Waals surface area contributed by atoms with Gasteiger partial charge in [-0.2, -0.15) is 0 Å². The van der Waals surface area contributed by atoms with E-state index >= 15 is 0 Å². The van der Waals surface area contributed by atoms with E-state index in [1.165, 1.54) is 44.5 Å². The number of nitrogens with zero attached hydrogens (tertiary/aromatic N) is 2. The first kappa shape index (κ1) is 10.2. The molecular weight excluding hydrogens is 200 g/mol. The van der Waals surface area contributed by atoms with Crippen LogP contribution in [0.15, 0.2) is 5.16 Å². The van der Waals surface area contributed by atoms with Gasteiger partial charge in [0.2, 0.25) is 0 Å². The second-order valence-corrected chi connectivity index (χ2v) is 4.46. The third-order valence-corrected chi connectivity index (χ3v) is 3.50. The normalized spacial score (nSPS) is 38.1. The van der Waals surface area contributed by atoms with Crippen molar-refractivity contribution < 1.29 is 4.84 Å². The second-order valence-electron chi connectivity index (χ2n) is 4.46. The zero-order chi connectivity index (χ0) is 8.67. The first-order valence-corrected chi connectivity index (χ1v) is 5.37. The lowest BCUT2D eigenvalue weighted by Crippen LogP contribution is -2.25. The maximum Gasteiger partial charge on any atom is 0.127 e. The van der Waals surface area contributed by atoms with E-state index in [4.69, 9.17) is 4.84 Å². The molecule has 0 amide bonds. The van der Waals surface area contributed by atoms with Gasteiger partial charge in [-0.05, 0) is 32.2 Å². The lowest BCUT2D eigenvalue weighted by Gasteiger charge is -2.23. The molecule has 2 atom stereocenters. The van der Waals surface area contributed by atoms with E-state index in [1.54, 1.807) is 0 Å². The van der Waals surface area contributed by atoms with Crippen LogP contribution in [0.25, 0.3) is 0 Å². The summed E-state index contributed by atoms with van der Waals surface area (Å²) in [6, 6.07) is 0. The van der Waals surface area contributed by atoms with Gasteiger partial charge in [0.1, 0.15) is 6.10 Å². The van der Waals surface area contributed by atoms with E-state index in [2.05, 4.69) is 10.1 Å². The number of piperidine rings is 1. The fourth-order valence-electron chi connectivity index (χ4n) is 2.33. The highest BCUT2D eigenvalue weighted by atomic mass is 35.5. The molecule has 0 spiro atoms. The minimum Gasteiger partial charge on any atom is -0.393 e. The lowest BCUT2D eigenvalue weighted by atomic mass is 9.97. The van der Waals surface area contributed by atoms with Crippen LogP contribution in [-0.2, 0) is 4.84 Å². The molecule has 3 nitrogen and oxygen atoms in total. The Morgan fingerprint density at radius 3 is 2.64 bits per heavy atom. The minimum atomic E-state index is 0. The van der Waals surface area contributed by atoms with E-state index < -0.39 is 0 Å².